The zero-order valence-electron chi connectivity index (χ0n) is 16.3. The van der Waals surface area contributed by atoms with E-state index >= 15 is 0 Å². The summed E-state index contributed by atoms with van der Waals surface area (Å²) in [6.45, 7) is 2.14. The van der Waals surface area contributed by atoms with Gasteiger partial charge in [0.1, 0.15) is 0 Å². The second-order valence-corrected chi connectivity index (χ2v) is 8.05. The highest BCUT2D eigenvalue weighted by Gasteiger charge is 2.48. The molecule has 1 aromatic heterocycles. The first-order valence-corrected chi connectivity index (χ1v) is 9.88. The Bertz CT molecular complexity index is 925. The standard InChI is InChI=1S/C23H25N3O.ClH/c1-15-8-10-16(11-9-15)19-14-18-12-13-20(26(18)2)21(19)23-25-24-22(27-23)17-6-4-3-5-7-17;/h3-11,18-21H,12-14H2,1-2H3;1H/t18-,19+,20+,21?;/m0./s1. The Labute approximate surface area is 172 Å². The molecule has 146 valence electrons. The number of aryl methyl sites for hydroxylation is 1. The second-order valence-electron chi connectivity index (χ2n) is 8.05. The molecule has 5 heteroatoms. The van der Waals surface area contributed by atoms with Gasteiger partial charge in [0.25, 0.3) is 0 Å². The van der Waals surface area contributed by atoms with Crippen LogP contribution in [0.15, 0.2) is 59.0 Å². The fraction of sp³-hybridized carbons (Fsp3) is 0.391. The molecule has 2 bridgehead atoms. The molecule has 0 aliphatic carbocycles. The van der Waals surface area contributed by atoms with Gasteiger partial charge in [-0.15, -0.1) is 22.6 Å². The maximum atomic E-state index is 6.23. The van der Waals surface area contributed by atoms with E-state index in [1.54, 1.807) is 0 Å². The molecular weight excluding hydrogens is 370 g/mol. The van der Waals surface area contributed by atoms with Gasteiger partial charge in [0.2, 0.25) is 11.8 Å². The van der Waals surface area contributed by atoms with Gasteiger partial charge in [-0.25, -0.2) is 0 Å². The first-order valence-electron chi connectivity index (χ1n) is 9.88. The Morgan fingerprint density at radius 1 is 0.964 bits per heavy atom. The molecule has 0 N–H and O–H groups in total. The topological polar surface area (TPSA) is 42.2 Å². The van der Waals surface area contributed by atoms with Crippen LogP contribution in [0.4, 0.5) is 0 Å². The van der Waals surface area contributed by atoms with Crippen LogP contribution in [-0.4, -0.2) is 34.2 Å². The molecule has 4 atom stereocenters. The van der Waals surface area contributed by atoms with Crippen molar-refractivity contribution in [1.29, 1.82) is 0 Å². The van der Waals surface area contributed by atoms with Crippen LogP contribution in [0.5, 0.6) is 0 Å². The molecule has 0 saturated carbocycles. The monoisotopic (exact) mass is 395 g/mol. The summed E-state index contributed by atoms with van der Waals surface area (Å²) in [4.78, 5) is 2.54. The van der Waals surface area contributed by atoms with Crippen LogP contribution in [0, 0.1) is 6.92 Å². The predicted molar refractivity (Wildman–Crippen MR) is 113 cm³/mol. The highest BCUT2D eigenvalue weighted by Crippen LogP contribution is 2.50. The third-order valence-corrected chi connectivity index (χ3v) is 6.52. The van der Waals surface area contributed by atoms with E-state index in [9.17, 15) is 0 Å². The molecule has 0 radical (unpaired) electrons. The Morgan fingerprint density at radius 2 is 1.71 bits per heavy atom. The van der Waals surface area contributed by atoms with E-state index in [-0.39, 0.29) is 18.3 Å². The van der Waals surface area contributed by atoms with Gasteiger partial charge in [-0.1, -0.05) is 48.0 Å². The van der Waals surface area contributed by atoms with Gasteiger partial charge in [-0.2, -0.15) is 0 Å². The van der Waals surface area contributed by atoms with Crippen molar-refractivity contribution in [1.82, 2.24) is 15.1 Å². The Hall–Kier alpha value is -2.17. The minimum atomic E-state index is 0. The zero-order chi connectivity index (χ0) is 18.4. The largest absolute Gasteiger partial charge is 0.420 e. The number of benzene rings is 2. The van der Waals surface area contributed by atoms with Crippen LogP contribution in [0.25, 0.3) is 11.5 Å². The van der Waals surface area contributed by atoms with E-state index < -0.39 is 0 Å². The molecule has 4 nitrogen and oxygen atoms in total. The first-order chi connectivity index (χ1) is 13.2. The van der Waals surface area contributed by atoms with Crippen molar-refractivity contribution in [2.75, 3.05) is 7.05 Å². The van der Waals surface area contributed by atoms with Crippen molar-refractivity contribution >= 4 is 12.4 Å². The number of aromatic nitrogens is 2. The molecule has 0 amide bonds. The average molecular weight is 396 g/mol. The number of fused-ring (bicyclic) bond motifs is 2. The summed E-state index contributed by atoms with van der Waals surface area (Å²) < 4.78 is 6.23. The van der Waals surface area contributed by atoms with Crippen LogP contribution in [0.3, 0.4) is 0 Å². The molecular formula is C23H26ClN3O. The predicted octanol–water partition coefficient (Wildman–Crippen LogP) is 5.20. The lowest BCUT2D eigenvalue weighted by atomic mass is 9.76. The average Bonchev–Trinajstić information content (AvgIpc) is 3.26. The molecule has 2 aromatic carbocycles. The minimum Gasteiger partial charge on any atom is -0.420 e. The van der Waals surface area contributed by atoms with E-state index in [2.05, 4.69) is 53.3 Å². The SMILES string of the molecule is Cc1ccc([C@H]2C[C@@H]3CC[C@H](C2c2nnc(-c4ccccc4)o2)N3C)cc1.Cl. The molecule has 2 aliphatic rings. The first kappa shape index (κ1) is 19.2. The van der Waals surface area contributed by atoms with Crippen LogP contribution in [0.1, 0.15) is 48.1 Å². The number of nitrogens with zero attached hydrogens (tertiary/aromatic N) is 3. The lowest BCUT2D eigenvalue weighted by Crippen LogP contribution is -2.44. The summed E-state index contributed by atoms with van der Waals surface area (Å²) in [6, 6.07) is 20.2. The summed E-state index contributed by atoms with van der Waals surface area (Å²) in [5.74, 6) is 2.09. The molecule has 28 heavy (non-hydrogen) atoms. The number of hydrogen-bond acceptors (Lipinski definition) is 4. The van der Waals surface area contributed by atoms with Gasteiger partial charge >= 0.3 is 0 Å². The number of likely N-dealkylation sites (N-methyl/N-ethyl adjacent to an activating group) is 1. The van der Waals surface area contributed by atoms with Gasteiger partial charge in [0, 0.05) is 17.6 Å². The molecule has 0 spiro atoms. The quantitative estimate of drug-likeness (QED) is 0.611. The normalized spacial score (nSPS) is 26.8. The van der Waals surface area contributed by atoms with Crippen LogP contribution in [0.2, 0.25) is 0 Å². The van der Waals surface area contributed by atoms with Gasteiger partial charge in [0.15, 0.2) is 0 Å². The van der Waals surface area contributed by atoms with Crippen LogP contribution < -0.4 is 0 Å². The molecule has 3 heterocycles. The fourth-order valence-electron chi connectivity index (χ4n) is 5.03. The van der Waals surface area contributed by atoms with Crippen LogP contribution >= 0.6 is 12.4 Å². The molecule has 2 saturated heterocycles. The second kappa shape index (κ2) is 7.69. The molecule has 2 aliphatic heterocycles. The van der Waals surface area contributed by atoms with Crippen molar-refractivity contribution in [3.63, 3.8) is 0 Å². The highest BCUT2D eigenvalue weighted by atomic mass is 35.5. The zero-order valence-corrected chi connectivity index (χ0v) is 17.1. The summed E-state index contributed by atoms with van der Waals surface area (Å²) in [5.41, 5.74) is 3.68. The van der Waals surface area contributed by atoms with Gasteiger partial charge in [-0.05, 0) is 56.8 Å². The van der Waals surface area contributed by atoms with E-state index in [0.717, 1.165) is 17.9 Å². The molecule has 2 fully saturated rings. The minimum absolute atomic E-state index is 0. The van der Waals surface area contributed by atoms with Crippen LogP contribution in [-0.2, 0) is 0 Å². The van der Waals surface area contributed by atoms with E-state index in [1.165, 1.54) is 24.0 Å². The fourth-order valence-corrected chi connectivity index (χ4v) is 5.03. The summed E-state index contributed by atoms with van der Waals surface area (Å²) in [5, 5.41) is 8.89. The number of hydrogen-bond donors (Lipinski definition) is 0. The maximum absolute atomic E-state index is 6.23. The highest BCUT2D eigenvalue weighted by molar-refractivity contribution is 5.85. The third kappa shape index (κ3) is 3.25. The maximum Gasteiger partial charge on any atom is 0.247 e. The molecule has 1 unspecified atom stereocenters. The number of rotatable bonds is 3. The summed E-state index contributed by atoms with van der Waals surface area (Å²) in [7, 11) is 2.26. The van der Waals surface area contributed by atoms with E-state index in [4.69, 9.17) is 4.42 Å². The van der Waals surface area contributed by atoms with Gasteiger partial charge < -0.3 is 4.42 Å². The van der Waals surface area contributed by atoms with Gasteiger partial charge in [0.05, 0.1) is 5.92 Å². The van der Waals surface area contributed by atoms with E-state index in [1.807, 2.05) is 30.3 Å². The number of halogens is 1. The summed E-state index contributed by atoms with van der Waals surface area (Å²) >= 11 is 0. The van der Waals surface area contributed by atoms with Crippen molar-refractivity contribution < 1.29 is 4.42 Å². The van der Waals surface area contributed by atoms with Crippen molar-refractivity contribution in [2.24, 2.45) is 0 Å². The third-order valence-electron chi connectivity index (χ3n) is 6.52. The Kier molecular flexibility index (Phi) is 5.26. The summed E-state index contributed by atoms with van der Waals surface area (Å²) in [6.07, 6.45) is 3.63. The molecule has 5 rings (SSSR count). The lowest BCUT2D eigenvalue weighted by molar-refractivity contribution is 0.124. The van der Waals surface area contributed by atoms with Gasteiger partial charge in [-0.3, -0.25) is 4.90 Å². The lowest BCUT2D eigenvalue weighted by Gasteiger charge is -2.41. The smallest absolute Gasteiger partial charge is 0.247 e. The Balaban J connectivity index is 0.00000192. The van der Waals surface area contributed by atoms with E-state index in [0.29, 0.717) is 23.9 Å². The van der Waals surface area contributed by atoms with Crippen molar-refractivity contribution in [3.8, 4) is 11.5 Å². The Morgan fingerprint density at radius 3 is 2.46 bits per heavy atom. The molecule has 3 aromatic rings. The number of piperidine rings is 1. The van der Waals surface area contributed by atoms with Crippen molar-refractivity contribution in [3.05, 3.63) is 71.6 Å². The van der Waals surface area contributed by atoms with Crippen molar-refractivity contribution in [2.45, 2.75) is 50.1 Å².